The molecule has 0 radical (unpaired) electrons. The van der Waals surface area contributed by atoms with Crippen molar-refractivity contribution >= 4 is 23.3 Å². The minimum Gasteiger partial charge on any atom is -0.492 e. The van der Waals surface area contributed by atoms with Crippen molar-refractivity contribution in [1.29, 1.82) is 0 Å². The summed E-state index contributed by atoms with van der Waals surface area (Å²) in [5.74, 6) is 0.147. The maximum Gasteiger partial charge on any atom is 0.338 e. The van der Waals surface area contributed by atoms with Crippen molar-refractivity contribution in [2.75, 3.05) is 30.4 Å². The van der Waals surface area contributed by atoms with Gasteiger partial charge in [0.1, 0.15) is 5.75 Å². The van der Waals surface area contributed by atoms with Gasteiger partial charge < -0.3 is 20.1 Å². The van der Waals surface area contributed by atoms with E-state index in [4.69, 9.17) is 9.47 Å². The van der Waals surface area contributed by atoms with Crippen molar-refractivity contribution in [1.82, 2.24) is 0 Å². The third-order valence-corrected chi connectivity index (χ3v) is 3.47. The van der Waals surface area contributed by atoms with Crippen LogP contribution in [0, 0.1) is 0 Å². The van der Waals surface area contributed by atoms with E-state index in [9.17, 15) is 9.59 Å². The van der Waals surface area contributed by atoms with Crippen LogP contribution < -0.4 is 15.4 Å². The van der Waals surface area contributed by atoms with Gasteiger partial charge in [-0.15, -0.1) is 0 Å². The lowest BCUT2D eigenvalue weighted by Gasteiger charge is -2.12. The van der Waals surface area contributed by atoms with Crippen LogP contribution in [0.25, 0.3) is 0 Å². The van der Waals surface area contributed by atoms with Crippen LogP contribution in [0.1, 0.15) is 30.6 Å². The number of benzene rings is 2. The first-order valence-corrected chi connectivity index (χ1v) is 8.66. The summed E-state index contributed by atoms with van der Waals surface area (Å²) in [4.78, 5) is 23.9. The number of hydrogen-bond donors (Lipinski definition) is 2. The fraction of sp³-hybridized carbons (Fsp3) is 0.300. The van der Waals surface area contributed by atoms with Gasteiger partial charge in [-0.1, -0.05) is 19.1 Å². The van der Waals surface area contributed by atoms with E-state index in [1.807, 2.05) is 38.1 Å². The Labute approximate surface area is 153 Å². The monoisotopic (exact) mass is 356 g/mol. The zero-order valence-electron chi connectivity index (χ0n) is 15.1. The molecule has 0 spiro atoms. The Kier molecular flexibility index (Phi) is 7.49. The minimum atomic E-state index is -0.362. The Morgan fingerprint density at radius 1 is 1.00 bits per heavy atom. The number of esters is 1. The Morgan fingerprint density at radius 2 is 1.73 bits per heavy atom. The second-order valence-electron chi connectivity index (χ2n) is 5.54. The Bertz CT molecular complexity index is 729. The molecule has 0 saturated carbocycles. The number of anilines is 2. The van der Waals surface area contributed by atoms with Crippen LogP contribution in [-0.2, 0) is 9.53 Å². The van der Waals surface area contributed by atoms with E-state index >= 15 is 0 Å². The van der Waals surface area contributed by atoms with Gasteiger partial charge in [0.25, 0.3) is 0 Å². The Morgan fingerprint density at radius 3 is 2.42 bits per heavy atom. The molecule has 6 nitrogen and oxygen atoms in total. The number of nitrogens with one attached hydrogen (secondary N) is 2. The van der Waals surface area contributed by atoms with Crippen LogP contribution in [0.3, 0.4) is 0 Å². The van der Waals surface area contributed by atoms with Gasteiger partial charge in [0.05, 0.1) is 31.0 Å². The maximum absolute atomic E-state index is 12.1. The molecule has 0 atom stereocenters. The molecule has 0 aromatic heterocycles. The van der Waals surface area contributed by atoms with Gasteiger partial charge >= 0.3 is 5.97 Å². The molecule has 6 heteroatoms. The summed E-state index contributed by atoms with van der Waals surface area (Å²) in [5.41, 5.74) is 1.83. The smallest absolute Gasteiger partial charge is 0.338 e. The molecule has 2 aromatic rings. The molecule has 2 rings (SSSR count). The molecule has 0 bridgehead atoms. The summed E-state index contributed by atoms with van der Waals surface area (Å²) in [7, 11) is 0. The predicted molar refractivity (Wildman–Crippen MR) is 102 cm³/mol. The van der Waals surface area contributed by atoms with Crippen LogP contribution in [0.15, 0.2) is 48.5 Å². The average molecular weight is 356 g/mol. The molecule has 2 N–H and O–H groups in total. The van der Waals surface area contributed by atoms with Gasteiger partial charge in [-0.3, -0.25) is 4.79 Å². The summed E-state index contributed by atoms with van der Waals surface area (Å²) in [6.07, 6.45) is 0.777. The maximum atomic E-state index is 12.1. The van der Waals surface area contributed by atoms with Crippen molar-refractivity contribution in [3.8, 4) is 5.75 Å². The van der Waals surface area contributed by atoms with Crippen LogP contribution >= 0.6 is 0 Å². The van der Waals surface area contributed by atoms with E-state index < -0.39 is 0 Å². The minimum absolute atomic E-state index is 0.102. The zero-order valence-corrected chi connectivity index (χ0v) is 15.1. The van der Waals surface area contributed by atoms with Gasteiger partial charge in [0.2, 0.25) is 5.91 Å². The number of carbonyl (C=O) groups excluding carboxylic acids is 2. The molecule has 2 aromatic carbocycles. The van der Waals surface area contributed by atoms with E-state index in [1.54, 1.807) is 24.3 Å². The van der Waals surface area contributed by atoms with E-state index in [2.05, 4.69) is 10.6 Å². The molecule has 0 aliphatic rings. The summed E-state index contributed by atoms with van der Waals surface area (Å²) in [5, 5.41) is 5.84. The second kappa shape index (κ2) is 10.1. The summed E-state index contributed by atoms with van der Waals surface area (Å²) in [6.45, 7) is 4.90. The molecule has 26 heavy (non-hydrogen) atoms. The lowest BCUT2D eigenvalue weighted by atomic mass is 10.2. The molecule has 0 fully saturated rings. The van der Waals surface area contributed by atoms with Crippen molar-refractivity contribution in [2.45, 2.75) is 20.3 Å². The largest absolute Gasteiger partial charge is 0.492 e. The zero-order chi connectivity index (χ0) is 18.8. The van der Waals surface area contributed by atoms with Crippen LogP contribution in [0.5, 0.6) is 5.75 Å². The fourth-order valence-electron chi connectivity index (χ4n) is 2.24. The number of amides is 1. The van der Waals surface area contributed by atoms with Gasteiger partial charge in [-0.2, -0.15) is 0 Å². The number of carbonyl (C=O) groups is 2. The highest BCUT2D eigenvalue weighted by atomic mass is 16.5. The number of para-hydroxylation sites is 2. The molecular weight excluding hydrogens is 332 g/mol. The highest BCUT2D eigenvalue weighted by Gasteiger charge is 2.08. The Hall–Kier alpha value is -3.02. The van der Waals surface area contributed by atoms with E-state index in [1.165, 1.54) is 0 Å². The highest BCUT2D eigenvalue weighted by Crippen LogP contribution is 2.23. The molecule has 0 aliphatic carbocycles. The van der Waals surface area contributed by atoms with E-state index in [0.717, 1.165) is 12.1 Å². The molecule has 0 heterocycles. The highest BCUT2D eigenvalue weighted by molar-refractivity contribution is 5.95. The van der Waals surface area contributed by atoms with Crippen molar-refractivity contribution in [3.63, 3.8) is 0 Å². The van der Waals surface area contributed by atoms with E-state index in [-0.39, 0.29) is 18.4 Å². The SMILES string of the molecule is CCCOC(=O)c1ccc(NC(=O)CNc2ccccc2OCC)cc1. The third kappa shape index (κ3) is 5.81. The van der Waals surface area contributed by atoms with Crippen molar-refractivity contribution in [3.05, 3.63) is 54.1 Å². The first-order valence-electron chi connectivity index (χ1n) is 8.66. The van der Waals surface area contributed by atoms with E-state index in [0.29, 0.717) is 30.2 Å². The first kappa shape index (κ1) is 19.3. The van der Waals surface area contributed by atoms with Crippen LogP contribution in [-0.4, -0.2) is 31.6 Å². The summed E-state index contributed by atoms with van der Waals surface area (Å²) < 4.78 is 10.6. The lowest BCUT2D eigenvalue weighted by Crippen LogP contribution is -2.22. The standard InChI is InChI=1S/C20H24N2O4/c1-3-13-26-20(24)15-9-11-16(12-10-15)22-19(23)14-21-17-7-5-6-8-18(17)25-4-2/h5-12,21H,3-4,13-14H2,1-2H3,(H,22,23). The second-order valence-corrected chi connectivity index (χ2v) is 5.54. The fourth-order valence-corrected chi connectivity index (χ4v) is 2.24. The normalized spacial score (nSPS) is 10.1. The quantitative estimate of drug-likeness (QED) is 0.670. The third-order valence-electron chi connectivity index (χ3n) is 3.47. The predicted octanol–water partition coefficient (Wildman–Crippen LogP) is 3.70. The van der Waals surface area contributed by atoms with Crippen LogP contribution in [0.4, 0.5) is 11.4 Å². The number of hydrogen-bond acceptors (Lipinski definition) is 5. The van der Waals surface area contributed by atoms with Gasteiger partial charge in [0, 0.05) is 5.69 Å². The lowest BCUT2D eigenvalue weighted by molar-refractivity contribution is -0.114. The van der Waals surface area contributed by atoms with Gasteiger partial charge in [-0.25, -0.2) is 4.79 Å². The van der Waals surface area contributed by atoms with Gasteiger partial charge in [-0.05, 0) is 49.7 Å². The molecule has 0 aliphatic heterocycles. The van der Waals surface area contributed by atoms with Crippen molar-refractivity contribution < 1.29 is 19.1 Å². The van der Waals surface area contributed by atoms with Crippen LogP contribution in [0.2, 0.25) is 0 Å². The van der Waals surface area contributed by atoms with Crippen molar-refractivity contribution in [2.24, 2.45) is 0 Å². The number of rotatable bonds is 9. The molecule has 0 unspecified atom stereocenters. The molecule has 138 valence electrons. The summed E-state index contributed by atoms with van der Waals surface area (Å²) >= 11 is 0. The molecular formula is C20H24N2O4. The first-order chi connectivity index (χ1) is 12.6. The summed E-state index contributed by atoms with van der Waals surface area (Å²) in [6, 6.07) is 14.1. The molecule has 1 amide bonds. The average Bonchev–Trinajstić information content (AvgIpc) is 2.66. The Balaban J connectivity index is 1.87. The number of ether oxygens (including phenoxy) is 2. The molecule has 0 saturated heterocycles. The topological polar surface area (TPSA) is 76.7 Å². The van der Waals surface area contributed by atoms with Gasteiger partial charge in [0.15, 0.2) is 0 Å².